The number of nitrogens with one attached hydrogen (secondary N) is 1. The minimum absolute atomic E-state index is 0.0248. The molecule has 7 nitrogen and oxygen atoms in total. The third-order valence-electron chi connectivity index (χ3n) is 5.43. The van der Waals surface area contributed by atoms with Crippen molar-refractivity contribution >= 4 is 11.6 Å². The van der Waals surface area contributed by atoms with Crippen LogP contribution in [0.3, 0.4) is 0 Å². The van der Waals surface area contributed by atoms with E-state index in [-0.39, 0.29) is 16.9 Å². The topological polar surface area (TPSA) is 123 Å². The second kappa shape index (κ2) is 10.4. The molecule has 0 heterocycles. The predicted octanol–water partition coefficient (Wildman–Crippen LogP) is 4.65. The monoisotopic (exact) mass is 460 g/mol. The number of aromatic hydroxyl groups is 1. The molecule has 3 aromatic carbocycles. The number of nitrogens with zero attached hydrogens (tertiary/aromatic N) is 1. The molecule has 0 aliphatic carbocycles. The molecule has 34 heavy (non-hydrogen) atoms. The van der Waals surface area contributed by atoms with Gasteiger partial charge in [0.2, 0.25) is 0 Å². The molecule has 0 atom stereocenters. The first-order chi connectivity index (χ1) is 16.1. The summed E-state index contributed by atoms with van der Waals surface area (Å²) >= 11 is 0. The first-order valence-corrected chi connectivity index (χ1v) is 11.1. The minimum atomic E-state index is -0.156. The van der Waals surface area contributed by atoms with Crippen LogP contribution in [0.1, 0.15) is 54.2 Å². The summed E-state index contributed by atoms with van der Waals surface area (Å²) in [7, 11) is 0. The Kier molecular flexibility index (Phi) is 7.58. The molecule has 0 amide bonds. The zero-order valence-electron chi connectivity index (χ0n) is 20.1. The van der Waals surface area contributed by atoms with E-state index in [9.17, 15) is 9.90 Å². The third-order valence-corrected chi connectivity index (χ3v) is 5.43. The lowest BCUT2D eigenvalue weighted by molar-refractivity contribution is 0.0937. The number of amidine groups is 1. The van der Waals surface area contributed by atoms with Crippen LogP contribution in [-0.2, 0) is 6.61 Å². The van der Waals surface area contributed by atoms with Crippen LogP contribution < -0.4 is 21.8 Å². The minimum Gasteiger partial charge on any atom is -0.507 e. The maximum Gasteiger partial charge on any atom is 0.167 e. The molecule has 0 fully saturated rings. The van der Waals surface area contributed by atoms with Gasteiger partial charge in [-0.3, -0.25) is 4.79 Å². The molecule has 0 aromatic heterocycles. The molecule has 7 heteroatoms. The van der Waals surface area contributed by atoms with E-state index in [2.05, 4.69) is 10.5 Å². The highest BCUT2D eigenvalue weighted by molar-refractivity contribution is 6.00. The zero-order valence-corrected chi connectivity index (χ0v) is 20.1. The maximum absolute atomic E-state index is 12.6. The summed E-state index contributed by atoms with van der Waals surface area (Å²) in [5.74, 6) is 11.7. The predicted molar refractivity (Wildman–Crippen MR) is 136 cm³/mol. The number of hydrazone groups is 1. The molecule has 0 radical (unpaired) electrons. The van der Waals surface area contributed by atoms with Crippen molar-refractivity contribution in [3.63, 3.8) is 0 Å². The molecule has 0 spiro atoms. The third kappa shape index (κ3) is 5.94. The Hall–Kier alpha value is -3.84. The summed E-state index contributed by atoms with van der Waals surface area (Å²) in [6.07, 6.45) is 0.355. The normalized spacial score (nSPS) is 11.9. The Morgan fingerprint density at radius 3 is 2.38 bits per heavy atom. The van der Waals surface area contributed by atoms with Gasteiger partial charge in [0.05, 0.1) is 5.56 Å². The van der Waals surface area contributed by atoms with E-state index in [4.69, 9.17) is 16.4 Å². The van der Waals surface area contributed by atoms with Gasteiger partial charge in [-0.15, -0.1) is 0 Å². The fraction of sp³-hybridized carbons (Fsp3) is 0.259. The van der Waals surface area contributed by atoms with Crippen molar-refractivity contribution in [2.45, 2.75) is 40.7 Å². The summed E-state index contributed by atoms with van der Waals surface area (Å²) in [4.78, 5) is 12.6. The number of nitrogens with two attached hydrogens (primary N) is 2. The van der Waals surface area contributed by atoms with Crippen LogP contribution in [0.4, 0.5) is 0 Å². The van der Waals surface area contributed by atoms with E-state index in [1.165, 1.54) is 0 Å². The van der Waals surface area contributed by atoms with Crippen molar-refractivity contribution in [3.05, 3.63) is 82.9 Å². The Morgan fingerprint density at radius 1 is 1.06 bits per heavy atom. The van der Waals surface area contributed by atoms with Gasteiger partial charge in [0, 0.05) is 17.5 Å². The highest BCUT2D eigenvalue weighted by Crippen LogP contribution is 2.33. The van der Waals surface area contributed by atoms with Crippen LogP contribution in [0.2, 0.25) is 0 Å². The molecule has 3 aromatic rings. The van der Waals surface area contributed by atoms with E-state index in [0.717, 1.165) is 22.3 Å². The average Bonchev–Trinajstić information content (AvgIpc) is 2.80. The summed E-state index contributed by atoms with van der Waals surface area (Å²) < 4.78 is 5.99. The second-order valence-corrected chi connectivity index (χ2v) is 9.44. The van der Waals surface area contributed by atoms with E-state index in [0.29, 0.717) is 35.7 Å². The largest absolute Gasteiger partial charge is 0.507 e. The summed E-state index contributed by atoms with van der Waals surface area (Å²) in [5.41, 5.74) is 6.92. The molecule has 0 bridgehead atoms. The van der Waals surface area contributed by atoms with Crippen molar-refractivity contribution in [1.82, 2.24) is 5.43 Å². The summed E-state index contributed by atoms with van der Waals surface area (Å²) in [6, 6.07) is 19.1. The first kappa shape index (κ1) is 24.8. The zero-order chi connectivity index (χ0) is 24.9. The number of carbonyl (C=O) groups is 1. The molecule has 0 aliphatic rings. The first-order valence-electron chi connectivity index (χ1n) is 11.1. The van der Waals surface area contributed by atoms with Crippen LogP contribution in [0.5, 0.6) is 11.5 Å². The molecule has 178 valence electrons. The molecule has 6 N–H and O–H groups in total. The van der Waals surface area contributed by atoms with Crippen LogP contribution in [0.25, 0.3) is 11.1 Å². The Labute approximate surface area is 200 Å². The van der Waals surface area contributed by atoms with Gasteiger partial charge >= 0.3 is 0 Å². The van der Waals surface area contributed by atoms with Crippen molar-refractivity contribution < 1.29 is 14.6 Å². The van der Waals surface area contributed by atoms with Crippen molar-refractivity contribution in [2.75, 3.05) is 0 Å². The number of phenols is 1. The van der Waals surface area contributed by atoms with Gasteiger partial charge in [0.15, 0.2) is 11.6 Å². The number of rotatable bonds is 7. The number of hydrogen-bond donors (Lipinski definition) is 4. The number of Topliss-reactive ketones (excluding diaryl/α,β-unsaturated/α-hetero) is 1. The van der Waals surface area contributed by atoms with Crippen molar-refractivity contribution in [3.8, 4) is 22.6 Å². The molecule has 0 unspecified atom stereocenters. The lowest BCUT2D eigenvalue weighted by Gasteiger charge is -2.18. The van der Waals surface area contributed by atoms with E-state index < -0.39 is 0 Å². The van der Waals surface area contributed by atoms with Crippen molar-refractivity contribution in [1.29, 1.82) is 0 Å². The Balaban J connectivity index is 1.78. The van der Waals surface area contributed by atoms with Crippen LogP contribution in [0.15, 0.2) is 65.8 Å². The Morgan fingerprint density at radius 2 is 1.74 bits per heavy atom. The van der Waals surface area contributed by atoms with Gasteiger partial charge in [0.25, 0.3) is 0 Å². The van der Waals surface area contributed by atoms with Crippen LogP contribution in [0, 0.1) is 12.3 Å². The summed E-state index contributed by atoms with van der Waals surface area (Å²) in [6.45, 7) is 8.05. The molecule has 0 saturated heterocycles. The smallest absolute Gasteiger partial charge is 0.167 e. The average molecular weight is 461 g/mol. The number of hydrazine groups is 1. The van der Waals surface area contributed by atoms with Gasteiger partial charge in [-0.05, 0) is 53.3 Å². The number of hydrogen-bond acceptors (Lipinski definition) is 6. The second-order valence-electron chi connectivity index (χ2n) is 9.44. The molecule has 3 rings (SSSR count). The van der Waals surface area contributed by atoms with Gasteiger partial charge in [-0.1, -0.05) is 57.2 Å². The van der Waals surface area contributed by atoms with Gasteiger partial charge < -0.3 is 21.1 Å². The standard InChI is InChI=1S/C27H32N4O3/c1-17-24(12-11-22(25(17)33)23(32)15-27(2,3)4)34-16-18-7-5-8-19(13-18)20-9-6-10-21(14-20)26(30-28)31-29/h5-14,33H,15-16,28-29H2,1-4H3,(H,30,31). The highest BCUT2D eigenvalue weighted by atomic mass is 16.5. The fourth-order valence-electron chi connectivity index (χ4n) is 3.68. The lowest BCUT2D eigenvalue weighted by Crippen LogP contribution is -2.32. The number of ketones is 1. The van der Waals surface area contributed by atoms with Crippen LogP contribution >= 0.6 is 0 Å². The van der Waals surface area contributed by atoms with E-state index in [1.807, 2.05) is 69.3 Å². The van der Waals surface area contributed by atoms with Crippen molar-refractivity contribution in [2.24, 2.45) is 22.2 Å². The SMILES string of the molecule is Cc1c(OCc2cccc(-c3cccc(/C(=N/N)NN)c3)c2)ccc(C(=O)CC(C)(C)C)c1O. The number of carbonyl (C=O) groups excluding carboxylic acids is 1. The quantitative estimate of drug-likeness (QED) is 0.134. The van der Waals surface area contributed by atoms with E-state index >= 15 is 0 Å². The van der Waals surface area contributed by atoms with Crippen LogP contribution in [-0.4, -0.2) is 16.7 Å². The summed E-state index contributed by atoms with van der Waals surface area (Å²) in [5, 5.41) is 14.3. The van der Waals surface area contributed by atoms with Gasteiger partial charge in [0.1, 0.15) is 18.1 Å². The Bertz CT molecular complexity index is 1210. The van der Waals surface area contributed by atoms with E-state index in [1.54, 1.807) is 19.1 Å². The lowest BCUT2D eigenvalue weighted by atomic mass is 9.87. The number of benzene rings is 3. The van der Waals surface area contributed by atoms with Gasteiger partial charge in [-0.2, -0.15) is 5.10 Å². The molecule has 0 aliphatic heterocycles. The van der Waals surface area contributed by atoms with Gasteiger partial charge in [-0.25, -0.2) is 5.84 Å². The highest BCUT2D eigenvalue weighted by Gasteiger charge is 2.21. The maximum atomic E-state index is 12.6. The fourth-order valence-corrected chi connectivity index (χ4v) is 3.68. The molecule has 0 saturated carbocycles. The molecular weight excluding hydrogens is 428 g/mol. The molecular formula is C27H32N4O3. The number of phenolic OH excluding ortho intramolecular Hbond substituents is 1. The number of ether oxygens (including phenoxy) is 1.